The number of urea groups is 1. The molecule has 0 fully saturated rings. The molecular weight excluding hydrogens is 527 g/mol. The van der Waals surface area contributed by atoms with Gasteiger partial charge in [0, 0.05) is 4.47 Å². The second kappa shape index (κ2) is 8.86. The molecule has 2 aromatic carbocycles. The maximum absolute atomic E-state index is 13.6. The molecular formula is C16H9BrClF5N2O4S. The number of carbonyl (C=O) groups is 2. The third-order valence-electron chi connectivity index (χ3n) is 3.53. The summed E-state index contributed by atoms with van der Waals surface area (Å²) in [6, 6.07) is 3.44. The number of carbonyl (C=O) groups excluding carboxylic acids is 2. The average Bonchev–Trinajstić information content (AvgIpc) is 2.62. The molecule has 14 heteroatoms. The van der Waals surface area contributed by atoms with Crippen LogP contribution in [-0.2, 0) is 9.84 Å². The van der Waals surface area contributed by atoms with Crippen LogP contribution in [0.2, 0.25) is 0 Å². The van der Waals surface area contributed by atoms with E-state index >= 15 is 0 Å². The van der Waals surface area contributed by atoms with E-state index in [2.05, 4.69) is 27.5 Å². The van der Waals surface area contributed by atoms with Crippen molar-refractivity contribution in [2.24, 2.45) is 0 Å². The van der Waals surface area contributed by atoms with Crippen molar-refractivity contribution in [2.45, 2.75) is 15.8 Å². The summed E-state index contributed by atoms with van der Waals surface area (Å²) in [6.45, 7) is 0. The second-order valence-electron chi connectivity index (χ2n) is 5.51. The lowest BCUT2D eigenvalue weighted by Gasteiger charge is -2.17. The summed E-state index contributed by atoms with van der Waals surface area (Å²) >= 11 is 7.43. The van der Waals surface area contributed by atoms with Crippen LogP contribution in [0.4, 0.5) is 32.4 Å². The van der Waals surface area contributed by atoms with Crippen LogP contribution in [0.15, 0.2) is 45.8 Å². The Hall–Kier alpha value is -2.25. The minimum Gasteiger partial charge on any atom is -0.307 e. The molecule has 0 radical (unpaired) electrons. The molecule has 3 amide bonds. The predicted molar refractivity (Wildman–Crippen MR) is 99.9 cm³/mol. The van der Waals surface area contributed by atoms with Gasteiger partial charge in [-0.15, -0.1) is 0 Å². The quantitative estimate of drug-likeness (QED) is 0.433. The highest BCUT2D eigenvalue weighted by atomic mass is 79.9. The van der Waals surface area contributed by atoms with Crippen molar-refractivity contribution in [1.82, 2.24) is 5.32 Å². The lowest BCUT2D eigenvalue weighted by atomic mass is 10.2. The number of sulfone groups is 1. The van der Waals surface area contributed by atoms with Crippen LogP contribution in [-0.4, -0.2) is 31.2 Å². The maximum atomic E-state index is 13.6. The van der Waals surface area contributed by atoms with E-state index in [4.69, 9.17) is 0 Å². The Morgan fingerprint density at radius 3 is 2.17 bits per heavy atom. The minimum atomic E-state index is -5.51. The SMILES string of the molecule is O=C(NC(=O)c1c(F)cccc1F)Nc1ccc(S(=O)(=O)C(F)(F)C(F)Cl)cc1Br. The Morgan fingerprint density at radius 2 is 1.67 bits per heavy atom. The lowest BCUT2D eigenvalue weighted by molar-refractivity contribution is 0.0423. The standard InChI is InChI=1S/C16H9BrClF5N2O4S/c17-8-6-7(30(28,29)16(22,23)14(18)21)4-5-11(8)24-15(27)25-13(26)12-9(19)2-1-3-10(12)20/h1-6,14H,(H2,24,25,26,27). The molecule has 162 valence electrons. The summed E-state index contributed by atoms with van der Waals surface area (Å²) in [5.41, 5.74) is -4.73. The first-order valence-corrected chi connectivity index (χ1v) is 10.3. The number of amides is 3. The summed E-state index contributed by atoms with van der Waals surface area (Å²) in [4.78, 5) is 22.7. The van der Waals surface area contributed by atoms with Gasteiger partial charge in [0.2, 0.25) is 9.84 Å². The fourth-order valence-electron chi connectivity index (χ4n) is 2.07. The van der Waals surface area contributed by atoms with Gasteiger partial charge in [-0.25, -0.2) is 26.4 Å². The van der Waals surface area contributed by atoms with E-state index in [9.17, 15) is 40.0 Å². The van der Waals surface area contributed by atoms with E-state index in [1.807, 2.05) is 5.32 Å². The summed E-state index contributed by atoms with van der Waals surface area (Å²) < 4.78 is 90.4. The zero-order chi connectivity index (χ0) is 22.9. The van der Waals surface area contributed by atoms with Crippen LogP contribution in [0.3, 0.4) is 0 Å². The van der Waals surface area contributed by atoms with Crippen molar-refractivity contribution in [3.05, 3.63) is 58.1 Å². The van der Waals surface area contributed by atoms with Crippen LogP contribution in [0, 0.1) is 11.6 Å². The topological polar surface area (TPSA) is 92.3 Å². The van der Waals surface area contributed by atoms with Gasteiger partial charge in [0.15, 0.2) is 0 Å². The molecule has 2 aromatic rings. The van der Waals surface area contributed by atoms with Crippen molar-refractivity contribution in [2.75, 3.05) is 5.32 Å². The van der Waals surface area contributed by atoms with Gasteiger partial charge in [-0.1, -0.05) is 17.7 Å². The molecule has 0 saturated carbocycles. The predicted octanol–water partition coefficient (Wildman–Crippen LogP) is 4.59. The Morgan fingerprint density at radius 1 is 1.10 bits per heavy atom. The van der Waals surface area contributed by atoms with Gasteiger partial charge < -0.3 is 5.32 Å². The van der Waals surface area contributed by atoms with E-state index in [1.165, 1.54) is 0 Å². The molecule has 0 aliphatic rings. The lowest BCUT2D eigenvalue weighted by Crippen LogP contribution is -2.36. The number of imide groups is 1. The van der Waals surface area contributed by atoms with E-state index in [-0.39, 0.29) is 10.2 Å². The molecule has 0 aromatic heterocycles. The largest absolute Gasteiger partial charge is 0.393 e. The van der Waals surface area contributed by atoms with Gasteiger partial charge in [-0.3, -0.25) is 10.1 Å². The molecule has 0 heterocycles. The Labute approximate surface area is 179 Å². The molecule has 2 N–H and O–H groups in total. The number of halogens is 7. The van der Waals surface area contributed by atoms with Crippen LogP contribution in [0.25, 0.3) is 0 Å². The Kier molecular flexibility index (Phi) is 7.09. The van der Waals surface area contributed by atoms with Gasteiger partial charge in [-0.05, 0) is 46.3 Å². The van der Waals surface area contributed by atoms with E-state index in [0.717, 1.165) is 24.3 Å². The third-order valence-corrected chi connectivity index (χ3v) is 6.39. The van der Waals surface area contributed by atoms with Crippen LogP contribution >= 0.6 is 27.5 Å². The van der Waals surface area contributed by atoms with Crippen molar-refractivity contribution >= 4 is 55.0 Å². The molecule has 0 bridgehead atoms. The zero-order valence-corrected chi connectivity index (χ0v) is 17.4. The zero-order valence-electron chi connectivity index (χ0n) is 14.2. The molecule has 6 nitrogen and oxygen atoms in total. The monoisotopic (exact) mass is 534 g/mol. The number of benzene rings is 2. The van der Waals surface area contributed by atoms with Crippen molar-refractivity contribution < 1.29 is 40.0 Å². The fourth-order valence-corrected chi connectivity index (χ4v) is 4.12. The molecule has 1 unspecified atom stereocenters. The van der Waals surface area contributed by atoms with Crippen LogP contribution in [0.5, 0.6) is 0 Å². The molecule has 30 heavy (non-hydrogen) atoms. The minimum absolute atomic E-state index is 0.209. The maximum Gasteiger partial charge on any atom is 0.393 e. The van der Waals surface area contributed by atoms with Gasteiger partial charge in [0.1, 0.15) is 17.2 Å². The molecule has 0 aliphatic carbocycles. The smallest absolute Gasteiger partial charge is 0.307 e. The van der Waals surface area contributed by atoms with Crippen molar-refractivity contribution in [3.63, 3.8) is 0 Å². The summed E-state index contributed by atoms with van der Waals surface area (Å²) in [7, 11) is -5.51. The fraction of sp³-hybridized carbons (Fsp3) is 0.125. The highest BCUT2D eigenvalue weighted by Crippen LogP contribution is 2.37. The molecule has 0 saturated heterocycles. The summed E-state index contributed by atoms with van der Waals surface area (Å²) in [6.07, 6.45) is 0. The Balaban J connectivity index is 2.21. The third kappa shape index (κ3) is 4.73. The number of rotatable bonds is 5. The molecule has 1 atom stereocenters. The first-order valence-electron chi connectivity index (χ1n) is 7.55. The van der Waals surface area contributed by atoms with Crippen molar-refractivity contribution in [3.8, 4) is 0 Å². The Bertz CT molecular complexity index is 1090. The molecule has 2 rings (SSSR count). The number of hydrogen-bond acceptors (Lipinski definition) is 4. The van der Waals surface area contributed by atoms with Gasteiger partial charge in [0.25, 0.3) is 11.5 Å². The molecule has 0 aliphatic heterocycles. The second-order valence-corrected chi connectivity index (χ2v) is 8.77. The average molecular weight is 536 g/mol. The number of alkyl halides is 4. The highest BCUT2D eigenvalue weighted by Gasteiger charge is 2.53. The summed E-state index contributed by atoms with van der Waals surface area (Å²) in [5.74, 6) is -3.85. The normalized spacial score (nSPS) is 12.9. The van der Waals surface area contributed by atoms with E-state index in [0.29, 0.717) is 12.1 Å². The highest BCUT2D eigenvalue weighted by molar-refractivity contribution is 9.10. The van der Waals surface area contributed by atoms with Gasteiger partial charge >= 0.3 is 11.3 Å². The van der Waals surface area contributed by atoms with Gasteiger partial charge in [-0.2, -0.15) is 8.78 Å². The number of anilines is 1. The first kappa shape index (κ1) is 24.0. The van der Waals surface area contributed by atoms with Crippen molar-refractivity contribution in [1.29, 1.82) is 0 Å². The number of hydrogen-bond donors (Lipinski definition) is 2. The van der Waals surface area contributed by atoms with Crippen LogP contribution in [0.1, 0.15) is 10.4 Å². The number of nitrogens with one attached hydrogen (secondary N) is 2. The molecule has 0 spiro atoms. The summed E-state index contributed by atoms with van der Waals surface area (Å²) in [5, 5.41) is -1.23. The first-order chi connectivity index (χ1) is 13.8. The van der Waals surface area contributed by atoms with Crippen LogP contribution < -0.4 is 10.6 Å². The van der Waals surface area contributed by atoms with E-state index in [1.54, 1.807) is 5.32 Å². The van der Waals surface area contributed by atoms with Gasteiger partial charge in [0.05, 0.1) is 10.6 Å². The van der Waals surface area contributed by atoms with E-state index < -0.39 is 54.8 Å².